The topological polar surface area (TPSA) is 47.3 Å². The van der Waals surface area contributed by atoms with Crippen molar-refractivity contribution in [3.05, 3.63) is 0 Å². The van der Waals surface area contributed by atoms with E-state index in [1.165, 1.54) is 25.7 Å². The molecule has 0 aromatic rings. The van der Waals surface area contributed by atoms with Crippen molar-refractivity contribution < 1.29 is 4.74 Å². The van der Waals surface area contributed by atoms with Crippen LogP contribution in [-0.4, -0.2) is 31.8 Å². The minimum absolute atomic E-state index is 0.371. The van der Waals surface area contributed by atoms with E-state index in [2.05, 4.69) is 5.32 Å². The van der Waals surface area contributed by atoms with Gasteiger partial charge < -0.3 is 15.8 Å². The molecule has 0 aromatic heterocycles. The van der Waals surface area contributed by atoms with Crippen molar-refractivity contribution >= 4 is 0 Å². The Bertz CT molecular complexity index is 141. The van der Waals surface area contributed by atoms with Crippen LogP contribution in [0.5, 0.6) is 0 Å². The molecular weight excluding hydrogens is 176 g/mol. The third-order valence-corrected chi connectivity index (χ3v) is 2.90. The molecule has 0 radical (unpaired) electrons. The fourth-order valence-electron chi connectivity index (χ4n) is 2.02. The molecule has 0 amide bonds. The quantitative estimate of drug-likeness (QED) is 0.635. The van der Waals surface area contributed by atoms with E-state index in [4.69, 9.17) is 10.5 Å². The zero-order chi connectivity index (χ0) is 10.2. The van der Waals surface area contributed by atoms with Gasteiger partial charge in [-0.2, -0.15) is 0 Å². The Kier molecular flexibility index (Phi) is 6.15. The van der Waals surface area contributed by atoms with Crippen molar-refractivity contribution in [3.8, 4) is 0 Å². The van der Waals surface area contributed by atoms with Gasteiger partial charge in [-0.25, -0.2) is 0 Å². The van der Waals surface area contributed by atoms with Crippen LogP contribution in [-0.2, 0) is 4.74 Å². The summed E-state index contributed by atoms with van der Waals surface area (Å²) in [5.74, 6) is 0. The molecule has 1 aliphatic rings. The predicted molar refractivity (Wildman–Crippen MR) is 59.3 cm³/mol. The molecule has 0 heterocycles. The number of nitrogens with one attached hydrogen (secondary N) is 1. The van der Waals surface area contributed by atoms with Crippen LogP contribution in [0.4, 0.5) is 0 Å². The van der Waals surface area contributed by atoms with Gasteiger partial charge in [0.15, 0.2) is 0 Å². The monoisotopic (exact) mass is 200 g/mol. The summed E-state index contributed by atoms with van der Waals surface area (Å²) in [4.78, 5) is 0. The first-order chi connectivity index (χ1) is 6.84. The molecule has 1 fully saturated rings. The fraction of sp³-hybridized carbons (Fsp3) is 1.00. The van der Waals surface area contributed by atoms with Crippen LogP contribution in [0, 0.1) is 0 Å². The Morgan fingerprint density at radius 2 is 2.14 bits per heavy atom. The molecule has 14 heavy (non-hydrogen) atoms. The molecule has 3 heteroatoms. The molecule has 2 atom stereocenters. The summed E-state index contributed by atoms with van der Waals surface area (Å²) < 4.78 is 5.28. The average Bonchev–Trinajstić information content (AvgIpc) is 2.20. The highest BCUT2D eigenvalue weighted by Crippen LogP contribution is 2.16. The van der Waals surface area contributed by atoms with Gasteiger partial charge >= 0.3 is 0 Å². The van der Waals surface area contributed by atoms with E-state index >= 15 is 0 Å². The Labute approximate surface area is 87.4 Å². The maximum atomic E-state index is 6.03. The second-order valence-corrected chi connectivity index (χ2v) is 4.06. The third kappa shape index (κ3) is 4.40. The van der Waals surface area contributed by atoms with Gasteiger partial charge in [0.05, 0.1) is 0 Å². The molecule has 0 spiro atoms. The molecule has 0 saturated heterocycles. The van der Waals surface area contributed by atoms with Gasteiger partial charge in [0.1, 0.15) is 0 Å². The molecule has 1 rings (SSSR count). The smallest absolute Gasteiger partial charge is 0.0477 e. The third-order valence-electron chi connectivity index (χ3n) is 2.90. The molecule has 0 unspecified atom stereocenters. The lowest BCUT2D eigenvalue weighted by molar-refractivity contribution is 0.143. The Hall–Kier alpha value is -0.120. The second-order valence-electron chi connectivity index (χ2n) is 4.06. The van der Waals surface area contributed by atoms with Gasteiger partial charge in [0.2, 0.25) is 0 Å². The van der Waals surface area contributed by atoms with Crippen molar-refractivity contribution in [2.75, 3.05) is 19.8 Å². The summed E-state index contributed by atoms with van der Waals surface area (Å²) in [6.07, 6.45) is 6.16. The summed E-state index contributed by atoms with van der Waals surface area (Å²) in [7, 11) is 0. The zero-order valence-electron chi connectivity index (χ0n) is 9.30. The lowest BCUT2D eigenvalue weighted by atomic mass is 9.91. The Balaban J connectivity index is 1.99. The van der Waals surface area contributed by atoms with E-state index in [0.717, 1.165) is 26.2 Å². The van der Waals surface area contributed by atoms with Crippen LogP contribution >= 0.6 is 0 Å². The van der Waals surface area contributed by atoms with Gasteiger partial charge in [0.25, 0.3) is 0 Å². The van der Waals surface area contributed by atoms with Gasteiger partial charge in [-0.15, -0.1) is 0 Å². The molecule has 1 saturated carbocycles. The molecule has 84 valence electrons. The molecular formula is C11H24N2O. The Morgan fingerprint density at radius 3 is 2.86 bits per heavy atom. The normalized spacial score (nSPS) is 27.9. The van der Waals surface area contributed by atoms with Crippen LogP contribution in [0.2, 0.25) is 0 Å². The maximum absolute atomic E-state index is 6.03. The predicted octanol–water partition coefficient (Wildman–Crippen LogP) is 1.27. The van der Waals surface area contributed by atoms with Crippen LogP contribution in [0.3, 0.4) is 0 Å². The standard InChI is InChI=1S/C11H24N2O/c1-2-14-9-5-8-13-11-7-4-3-6-10(11)12/h10-11,13H,2-9,12H2,1H3/t10-,11-/m0/s1. The molecule has 1 aliphatic carbocycles. The lowest BCUT2D eigenvalue weighted by Crippen LogP contribution is -2.47. The molecule has 0 aliphatic heterocycles. The maximum Gasteiger partial charge on any atom is 0.0477 e. The summed E-state index contributed by atoms with van der Waals surface area (Å²) in [6, 6.07) is 0.918. The highest BCUT2D eigenvalue weighted by Gasteiger charge is 2.20. The largest absolute Gasteiger partial charge is 0.382 e. The van der Waals surface area contributed by atoms with E-state index in [0.29, 0.717) is 12.1 Å². The van der Waals surface area contributed by atoms with Crippen molar-refractivity contribution in [1.29, 1.82) is 0 Å². The zero-order valence-corrected chi connectivity index (χ0v) is 9.30. The minimum atomic E-state index is 0.371. The summed E-state index contributed by atoms with van der Waals surface area (Å²) >= 11 is 0. The highest BCUT2D eigenvalue weighted by molar-refractivity contribution is 4.83. The summed E-state index contributed by atoms with van der Waals surface area (Å²) in [5.41, 5.74) is 6.03. The molecule has 0 aromatic carbocycles. The summed E-state index contributed by atoms with van der Waals surface area (Å²) in [5, 5.41) is 3.53. The first kappa shape index (κ1) is 12.0. The van der Waals surface area contributed by atoms with E-state index in [1.807, 2.05) is 6.92 Å². The second kappa shape index (κ2) is 7.21. The minimum Gasteiger partial charge on any atom is -0.382 e. The van der Waals surface area contributed by atoms with E-state index in [1.54, 1.807) is 0 Å². The van der Waals surface area contributed by atoms with Crippen molar-refractivity contribution in [2.24, 2.45) is 5.73 Å². The van der Waals surface area contributed by atoms with Crippen LogP contribution in [0.25, 0.3) is 0 Å². The van der Waals surface area contributed by atoms with Crippen molar-refractivity contribution in [2.45, 2.75) is 51.1 Å². The fourth-order valence-corrected chi connectivity index (χ4v) is 2.02. The SMILES string of the molecule is CCOCCCN[C@H]1CCCC[C@@H]1N. The van der Waals surface area contributed by atoms with Gasteiger partial charge in [-0.05, 0) is 32.7 Å². The van der Waals surface area contributed by atoms with Gasteiger partial charge in [0, 0.05) is 25.3 Å². The van der Waals surface area contributed by atoms with E-state index in [-0.39, 0.29) is 0 Å². The van der Waals surface area contributed by atoms with Crippen molar-refractivity contribution in [1.82, 2.24) is 5.32 Å². The molecule has 3 nitrogen and oxygen atoms in total. The highest BCUT2D eigenvalue weighted by atomic mass is 16.5. The number of rotatable bonds is 6. The van der Waals surface area contributed by atoms with E-state index in [9.17, 15) is 0 Å². The van der Waals surface area contributed by atoms with E-state index < -0.39 is 0 Å². The van der Waals surface area contributed by atoms with Crippen molar-refractivity contribution in [3.63, 3.8) is 0 Å². The molecule has 3 N–H and O–H groups in total. The number of hydrogen-bond donors (Lipinski definition) is 2. The van der Waals surface area contributed by atoms with Gasteiger partial charge in [-0.3, -0.25) is 0 Å². The number of ether oxygens (including phenoxy) is 1. The van der Waals surface area contributed by atoms with Crippen LogP contribution < -0.4 is 11.1 Å². The Morgan fingerprint density at radius 1 is 1.36 bits per heavy atom. The number of hydrogen-bond acceptors (Lipinski definition) is 3. The summed E-state index contributed by atoms with van der Waals surface area (Å²) in [6.45, 7) is 4.76. The van der Waals surface area contributed by atoms with Gasteiger partial charge in [-0.1, -0.05) is 12.8 Å². The average molecular weight is 200 g/mol. The van der Waals surface area contributed by atoms with Crippen LogP contribution in [0.1, 0.15) is 39.0 Å². The first-order valence-electron chi connectivity index (χ1n) is 5.91. The molecule has 0 bridgehead atoms. The van der Waals surface area contributed by atoms with Crippen LogP contribution in [0.15, 0.2) is 0 Å². The number of nitrogens with two attached hydrogens (primary N) is 1. The first-order valence-corrected chi connectivity index (χ1v) is 5.91. The lowest BCUT2D eigenvalue weighted by Gasteiger charge is -2.29.